The van der Waals surface area contributed by atoms with E-state index < -0.39 is 16.2 Å². The van der Waals surface area contributed by atoms with Gasteiger partial charge in [-0.2, -0.15) is 8.42 Å². The van der Waals surface area contributed by atoms with Crippen LogP contribution in [0.3, 0.4) is 0 Å². The fraction of sp³-hybridized carbons (Fsp3) is 0.351. The summed E-state index contributed by atoms with van der Waals surface area (Å²) in [5.74, 6) is 2.24. The molecule has 0 saturated heterocycles. The molecule has 258 valence electrons. The lowest BCUT2D eigenvalue weighted by Crippen LogP contribution is -2.34. The molecule has 4 aliphatic heterocycles. The number of fused-ring (bicyclic) bond motifs is 2. The number of methoxy groups -OCH3 is 3. The zero-order chi connectivity index (χ0) is 34.6. The van der Waals surface area contributed by atoms with Gasteiger partial charge in [-0.1, -0.05) is 12.1 Å². The fourth-order valence-electron chi connectivity index (χ4n) is 7.38. The van der Waals surface area contributed by atoms with Crippen molar-refractivity contribution in [2.45, 2.75) is 42.7 Å². The molecule has 0 amide bonds. The standard InChI is InChI=1S/C37H40N2O9S/c1-38-12-10-22-16-29(44-3)32-19-26(22)27(38)14-21-6-8-25(9-7-21)47-31-18-24(34(49(41,42)43)20-30(31)45-4)15-28-35-23(11-13-39(28)2)17-33(46-5)36(40)37(35)48-32/h6-9,16-20,27-28,40H,10-15H2,1-5H3,(H,41,42,43)/t27?,28-/m0/s1. The molecule has 0 saturated carbocycles. The van der Waals surface area contributed by atoms with Crippen molar-refractivity contribution in [2.24, 2.45) is 0 Å². The minimum Gasteiger partial charge on any atom is -0.502 e. The van der Waals surface area contributed by atoms with Crippen LogP contribution in [0.4, 0.5) is 0 Å². The highest BCUT2D eigenvalue weighted by Gasteiger charge is 2.35. The van der Waals surface area contributed by atoms with Crippen LogP contribution in [-0.2, 0) is 35.8 Å². The number of hydrogen-bond acceptors (Lipinski definition) is 10. The monoisotopic (exact) mass is 688 g/mol. The van der Waals surface area contributed by atoms with Crippen LogP contribution in [0, 0.1) is 0 Å². The highest BCUT2D eigenvalue weighted by Crippen LogP contribution is 2.52. The summed E-state index contributed by atoms with van der Waals surface area (Å²) in [5.41, 5.74) is 5.23. The van der Waals surface area contributed by atoms with Crippen LogP contribution in [-0.4, -0.2) is 76.4 Å². The molecule has 12 heteroatoms. The Morgan fingerprint density at radius 2 is 1.35 bits per heavy atom. The molecule has 0 fully saturated rings. The molecule has 49 heavy (non-hydrogen) atoms. The number of benzene rings is 4. The van der Waals surface area contributed by atoms with Gasteiger partial charge in [0.1, 0.15) is 10.6 Å². The third-order valence-electron chi connectivity index (χ3n) is 10.0. The first kappa shape index (κ1) is 33.0. The molecule has 0 spiro atoms. The molecular weight excluding hydrogens is 648 g/mol. The first-order valence-corrected chi connectivity index (χ1v) is 17.6. The van der Waals surface area contributed by atoms with Crippen molar-refractivity contribution < 1.29 is 41.8 Å². The Morgan fingerprint density at radius 1 is 0.735 bits per heavy atom. The summed E-state index contributed by atoms with van der Waals surface area (Å²) in [7, 11) is 3.88. The van der Waals surface area contributed by atoms with Gasteiger partial charge < -0.3 is 28.8 Å². The third kappa shape index (κ3) is 6.03. The average molecular weight is 689 g/mol. The Labute approximate surface area is 286 Å². The predicted octanol–water partition coefficient (Wildman–Crippen LogP) is 6.11. The molecular formula is C37H40N2O9S. The number of phenolic OH excluding ortho intramolecular Hbond substituents is 1. The average Bonchev–Trinajstić information content (AvgIpc) is 3.08. The van der Waals surface area contributed by atoms with E-state index in [0.717, 1.165) is 36.1 Å². The molecule has 4 aliphatic rings. The van der Waals surface area contributed by atoms with Gasteiger partial charge in [0.25, 0.3) is 10.1 Å². The van der Waals surface area contributed by atoms with Gasteiger partial charge in [0.2, 0.25) is 5.75 Å². The summed E-state index contributed by atoms with van der Waals surface area (Å²) in [6, 6.07) is 16.1. The van der Waals surface area contributed by atoms with E-state index >= 15 is 0 Å². The molecule has 0 aliphatic carbocycles. The molecule has 1 unspecified atom stereocenters. The van der Waals surface area contributed by atoms with E-state index in [-0.39, 0.29) is 40.4 Å². The topological polar surface area (TPSA) is 127 Å². The second kappa shape index (κ2) is 12.8. The summed E-state index contributed by atoms with van der Waals surface area (Å²) in [6.07, 6.45) is 2.31. The molecule has 0 aromatic heterocycles. The summed E-state index contributed by atoms with van der Waals surface area (Å²) in [6.45, 7) is 1.51. The molecule has 2 N–H and O–H groups in total. The Kier molecular flexibility index (Phi) is 8.60. The molecule has 8 rings (SSSR count). The number of aromatic hydroxyl groups is 1. The number of nitrogens with zero attached hydrogens (tertiary/aromatic N) is 2. The van der Waals surface area contributed by atoms with E-state index in [1.165, 1.54) is 25.8 Å². The predicted molar refractivity (Wildman–Crippen MR) is 183 cm³/mol. The van der Waals surface area contributed by atoms with Crippen LogP contribution >= 0.6 is 0 Å². The number of hydrogen-bond donors (Lipinski definition) is 2. The van der Waals surface area contributed by atoms with Crippen LogP contribution < -0.4 is 23.7 Å². The molecule has 4 aromatic carbocycles. The number of phenols is 1. The van der Waals surface area contributed by atoms with Gasteiger partial charge in [-0.15, -0.1) is 0 Å². The van der Waals surface area contributed by atoms with Gasteiger partial charge in [-0.25, -0.2) is 0 Å². The SMILES string of the molecule is COc1cc(S(=O)(=O)O)c2cc1Oc1ccc(cc1)CC1c3cc(c(OC)cc3CCN1C)Oc1c(O)c(OC)cc3c1[C@H](C2)N(C)CC3. The van der Waals surface area contributed by atoms with E-state index in [1.807, 2.05) is 43.4 Å². The van der Waals surface area contributed by atoms with Gasteiger partial charge in [-0.05, 0) is 104 Å². The summed E-state index contributed by atoms with van der Waals surface area (Å²) in [4.78, 5) is 4.11. The van der Waals surface area contributed by atoms with Crippen molar-refractivity contribution in [2.75, 3.05) is 48.5 Å². The molecule has 6 bridgehead atoms. The van der Waals surface area contributed by atoms with Crippen molar-refractivity contribution in [3.8, 4) is 46.0 Å². The summed E-state index contributed by atoms with van der Waals surface area (Å²) in [5, 5.41) is 11.7. The number of likely N-dealkylation sites (N-methyl/N-ethyl adjacent to an activating group) is 2. The van der Waals surface area contributed by atoms with Crippen molar-refractivity contribution in [3.05, 3.63) is 88.0 Å². The van der Waals surface area contributed by atoms with Crippen LogP contribution in [0.2, 0.25) is 0 Å². The first-order valence-electron chi connectivity index (χ1n) is 16.2. The van der Waals surface area contributed by atoms with Crippen LogP contribution in [0.1, 0.15) is 45.5 Å². The largest absolute Gasteiger partial charge is 0.502 e. The smallest absolute Gasteiger partial charge is 0.294 e. The fourth-order valence-corrected chi connectivity index (χ4v) is 8.11. The van der Waals surface area contributed by atoms with Crippen LogP contribution in [0.25, 0.3) is 0 Å². The van der Waals surface area contributed by atoms with Crippen molar-refractivity contribution >= 4 is 10.1 Å². The second-order valence-electron chi connectivity index (χ2n) is 12.9. The summed E-state index contributed by atoms with van der Waals surface area (Å²) < 4.78 is 66.1. The van der Waals surface area contributed by atoms with Crippen LogP contribution in [0.15, 0.2) is 59.5 Å². The van der Waals surface area contributed by atoms with Crippen LogP contribution in [0.5, 0.6) is 46.0 Å². The Morgan fingerprint density at radius 3 is 2.02 bits per heavy atom. The highest BCUT2D eigenvalue weighted by atomic mass is 32.2. The lowest BCUT2D eigenvalue weighted by Gasteiger charge is -2.37. The van der Waals surface area contributed by atoms with Crippen molar-refractivity contribution in [1.29, 1.82) is 0 Å². The van der Waals surface area contributed by atoms with Crippen molar-refractivity contribution in [3.63, 3.8) is 0 Å². The van der Waals surface area contributed by atoms with Crippen molar-refractivity contribution in [1.82, 2.24) is 9.80 Å². The minimum absolute atomic E-state index is 0.0463. The van der Waals surface area contributed by atoms with E-state index in [2.05, 4.69) is 16.8 Å². The molecule has 4 aromatic rings. The highest BCUT2D eigenvalue weighted by molar-refractivity contribution is 7.85. The lowest BCUT2D eigenvalue weighted by atomic mass is 9.87. The van der Waals surface area contributed by atoms with E-state index in [1.54, 1.807) is 19.2 Å². The second-order valence-corrected chi connectivity index (χ2v) is 14.3. The maximum absolute atomic E-state index is 12.8. The Hall–Kier alpha value is -4.49. The number of ether oxygens (including phenoxy) is 5. The minimum atomic E-state index is -4.68. The molecule has 2 atom stereocenters. The summed E-state index contributed by atoms with van der Waals surface area (Å²) >= 11 is 0. The van der Waals surface area contributed by atoms with Gasteiger partial charge in [0.15, 0.2) is 34.5 Å². The van der Waals surface area contributed by atoms with Gasteiger partial charge in [0, 0.05) is 36.8 Å². The maximum Gasteiger partial charge on any atom is 0.294 e. The van der Waals surface area contributed by atoms with Gasteiger partial charge >= 0.3 is 0 Å². The molecule has 11 nitrogen and oxygen atoms in total. The zero-order valence-corrected chi connectivity index (χ0v) is 29.0. The van der Waals surface area contributed by atoms with E-state index in [4.69, 9.17) is 23.7 Å². The van der Waals surface area contributed by atoms with E-state index in [0.29, 0.717) is 47.1 Å². The van der Waals surface area contributed by atoms with E-state index in [9.17, 15) is 18.1 Å². The quantitative estimate of drug-likeness (QED) is 0.241. The normalized spacial score (nSPS) is 19.1. The zero-order valence-electron chi connectivity index (χ0n) is 28.1. The first-order chi connectivity index (χ1) is 23.5. The van der Waals surface area contributed by atoms with Gasteiger partial charge in [0.05, 0.1) is 21.3 Å². The third-order valence-corrected chi connectivity index (χ3v) is 11.0. The lowest BCUT2D eigenvalue weighted by molar-refractivity contribution is 0.219. The maximum atomic E-state index is 12.8. The molecule has 0 radical (unpaired) electrons. The number of rotatable bonds is 4. The van der Waals surface area contributed by atoms with Gasteiger partial charge in [-0.3, -0.25) is 14.4 Å². The molecule has 4 heterocycles. The Bertz CT molecular complexity index is 2030. The Balaban J connectivity index is 1.50.